The summed E-state index contributed by atoms with van der Waals surface area (Å²) in [5.74, 6) is 0.399. The van der Waals surface area contributed by atoms with Crippen molar-refractivity contribution in [3.63, 3.8) is 0 Å². The average Bonchev–Trinajstić information content (AvgIpc) is 3.13. The van der Waals surface area contributed by atoms with Gasteiger partial charge in [0, 0.05) is 6.20 Å². The van der Waals surface area contributed by atoms with Crippen LogP contribution in [0.2, 0.25) is 0 Å². The van der Waals surface area contributed by atoms with Gasteiger partial charge in [-0.15, -0.1) is 0 Å². The van der Waals surface area contributed by atoms with E-state index in [0.717, 1.165) is 16.4 Å². The summed E-state index contributed by atoms with van der Waals surface area (Å²) in [7, 11) is -4.32. The SMILES string of the molecule is Cc1ccc(S(=O)(=O)N(Cc2ccco2)c2ccccn2)cc1C(F)(F)F. The monoisotopic (exact) mass is 396 g/mol. The molecule has 0 saturated carbocycles. The maximum absolute atomic E-state index is 13.2. The van der Waals surface area contributed by atoms with Crippen LogP contribution in [0.25, 0.3) is 0 Å². The molecule has 0 radical (unpaired) electrons. The Bertz CT molecular complexity index is 1020. The van der Waals surface area contributed by atoms with Gasteiger partial charge in [-0.1, -0.05) is 12.1 Å². The van der Waals surface area contributed by atoms with E-state index in [0.29, 0.717) is 11.8 Å². The number of halogens is 3. The molecule has 27 heavy (non-hydrogen) atoms. The van der Waals surface area contributed by atoms with E-state index < -0.39 is 26.7 Å². The fourth-order valence-corrected chi connectivity index (χ4v) is 3.94. The Labute approximate surface area is 154 Å². The van der Waals surface area contributed by atoms with Crippen LogP contribution in [0, 0.1) is 6.92 Å². The second-order valence-corrected chi connectivity index (χ2v) is 7.62. The van der Waals surface area contributed by atoms with E-state index in [1.54, 1.807) is 24.3 Å². The Hall–Kier alpha value is -2.81. The standard InChI is InChI=1S/C18H15F3N2O3S/c1-13-7-8-15(11-16(13)18(19,20)21)27(24,25)23(12-14-5-4-10-26-14)17-6-2-3-9-22-17/h2-11H,12H2,1H3. The van der Waals surface area contributed by atoms with E-state index >= 15 is 0 Å². The maximum atomic E-state index is 13.2. The molecule has 0 saturated heterocycles. The lowest BCUT2D eigenvalue weighted by molar-refractivity contribution is -0.138. The van der Waals surface area contributed by atoms with Gasteiger partial charge in [0.05, 0.1) is 23.3 Å². The molecule has 142 valence electrons. The molecule has 0 aliphatic carbocycles. The zero-order valence-corrected chi connectivity index (χ0v) is 15.0. The molecule has 2 heterocycles. The molecule has 0 amide bonds. The minimum absolute atomic E-state index is 0.0585. The molecule has 0 fully saturated rings. The average molecular weight is 396 g/mol. The van der Waals surface area contributed by atoms with Crippen LogP contribution in [-0.4, -0.2) is 13.4 Å². The zero-order chi connectivity index (χ0) is 19.7. The van der Waals surface area contributed by atoms with Crippen molar-refractivity contribution < 1.29 is 26.0 Å². The number of nitrogens with zero attached hydrogens (tertiary/aromatic N) is 2. The van der Waals surface area contributed by atoms with Gasteiger partial charge in [-0.05, 0) is 48.9 Å². The number of sulfonamides is 1. The van der Waals surface area contributed by atoms with Crippen molar-refractivity contribution in [2.75, 3.05) is 4.31 Å². The molecule has 0 unspecified atom stereocenters. The second kappa shape index (κ2) is 7.07. The number of rotatable bonds is 5. The lowest BCUT2D eigenvalue weighted by Gasteiger charge is -2.23. The van der Waals surface area contributed by atoms with E-state index in [9.17, 15) is 21.6 Å². The molecular formula is C18H15F3N2O3S. The van der Waals surface area contributed by atoms with Crippen LogP contribution in [0.15, 0.2) is 70.3 Å². The molecule has 0 spiro atoms. The van der Waals surface area contributed by atoms with E-state index in [2.05, 4.69) is 4.98 Å². The highest BCUT2D eigenvalue weighted by atomic mass is 32.2. The van der Waals surface area contributed by atoms with Crippen molar-refractivity contribution in [1.29, 1.82) is 0 Å². The maximum Gasteiger partial charge on any atom is 0.416 e. The largest absolute Gasteiger partial charge is 0.467 e. The quantitative estimate of drug-likeness (QED) is 0.641. The van der Waals surface area contributed by atoms with Crippen LogP contribution < -0.4 is 4.31 Å². The van der Waals surface area contributed by atoms with Gasteiger partial charge in [0.15, 0.2) is 0 Å². The molecule has 0 atom stereocenters. The van der Waals surface area contributed by atoms with Gasteiger partial charge in [0.1, 0.15) is 11.6 Å². The molecule has 9 heteroatoms. The minimum atomic E-state index is -4.66. The van der Waals surface area contributed by atoms with Crippen LogP contribution >= 0.6 is 0 Å². The normalized spacial score (nSPS) is 12.1. The number of aromatic nitrogens is 1. The highest BCUT2D eigenvalue weighted by Gasteiger charge is 2.35. The van der Waals surface area contributed by atoms with Crippen LogP contribution in [0.4, 0.5) is 19.0 Å². The Morgan fingerprint density at radius 1 is 1.11 bits per heavy atom. The summed E-state index contributed by atoms with van der Waals surface area (Å²) in [5.41, 5.74) is -1.06. The lowest BCUT2D eigenvalue weighted by Crippen LogP contribution is -2.31. The van der Waals surface area contributed by atoms with Crippen LogP contribution in [0.1, 0.15) is 16.9 Å². The van der Waals surface area contributed by atoms with Gasteiger partial charge < -0.3 is 4.42 Å². The zero-order valence-electron chi connectivity index (χ0n) is 14.1. The number of anilines is 1. The van der Waals surface area contributed by atoms with E-state index in [4.69, 9.17) is 4.42 Å². The Morgan fingerprint density at radius 2 is 1.89 bits per heavy atom. The molecule has 0 bridgehead atoms. The first-order valence-electron chi connectivity index (χ1n) is 7.83. The summed E-state index contributed by atoms with van der Waals surface area (Å²) < 4.78 is 72.0. The summed E-state index contributed by atoms with van der Waals surface area (Å²) in [6.07, 6.45) is -1.88. The molecule has 3 aromatic rings. The summed E-state index contributed by atoms with van der Waals surface area (Å²) >= 11 is 0. The number of alkyl halides is 3. The highest BCUT2D eigenvalue weighted by molar-refractivity contribution is 7.92. The predicted molar refractivity (Wildman–Crippen MR) is 92.5 cm³/mol. The van der Waals surface area contributed by atoms with Gasteiger partial charge >= 0.3 is 6.18 Å². The molecule has 3 rings (SSSR count). The van der Waals surface area contributed by atoms with Gasteiger partial charge in [0.2, 0.25) is 0 Å². The van der Waals surface area contributed by atoms with Gasteiger partial charge in [-0.25, -0.2) is 17.7 Å². The van der Waals surface area contributed by atoms with E-state index in [1.807, 2.05) is 0 Å². The first-order valence-corrected chi connectivity index (χ1v) is 9.27. The summed E-state index contributed by atoms with van der Waals surface area (Å²) in [6.45, 7) is 1.07. The molecule has 0 aliphatic rings. The van der Waals surface area contributed by atoms with Crippen molar-refractivity contribution in [2.24, 2.45) is 0 Å². The van der Waals surface area contributed by atoms with Crippen molar-refractivity contribution in [1.82, 2.24) is 4.98 Å². The number of furan rings is 1. The van der Waals surface area contributed by atoms with Crippen LogP contribution in [0.3, 0.4) is 0 Å². The fourth-order valence-electron chi connectivity index (χ4n) is 2.53. The predicted octanol–water partition coefficient (Wildman–Crippen LogP) is 4.40. The van der Waals surface area contributed by atoms with Crippen molar-refractivity contribution in [2.45, 2.75) is 24.5 Å². The molecular weight excluding hydrogens is 381 g/mol. The number of pyridine rings is 1. The molecule has 0 N–H and O–H groups in total. The third-order valence-electron chi connectivity index (χ3n) is 3.89. The summed E-state index contributed by atoms with van der Waals surface area (Å²) in [5, 5.41) is 0. The van der Waals surface area contributed by atoms with Gasteiger partial charge in [-0.3, -0.25) is 0 Å². The topological polar surface area (TPSA) is 63.4 Å². The first-order chi connectivity index (χ1) is 12.7. The number of hydrogen-bond acceptors (Lipinski definition) is 4. The van der Waals surface area contributed by atoms with Crippen molar-refractivity contribution >= 4 is 15.8 Å². The van der Waals surface area contributed by atoms with Crippen molar-refractivity contribution in [3.8, 4) is 0 Å². The summed E-state index contributed by atoms with van der Waals surface area (Å²) in [4.78, 5) is 3.55. The molecule has 0 aliphatic heterocycles. The second-order valence-electron chi connectivity index (χ2n) is 5.75. The fraction of sp³-hybridized carbons (Fsp3) is 0.167. The first kappa shape index (κ1) is 19.0. The Balaban J connectivity index is 2.11. The number of benzene rings is 1. The van der Waals surface area contributed by atoms with Crippen molar-refractivity contribution in [3.05, 3.63) is 77.9 Å². The van der Waals surface area contributed by atoms with Gasteiger partial charge in [0.25, 0.3) is 10.0 Å². The third kappa shape index (κ3) is 3.97. The Kier molecular flexibility index (Phi) is 4.97. The van der Waals surface area contributed by atoms with Crippen LogP contribution in [-0.2, 0) is 22.7 Å². The third-order valence-corrected chi connectivity index (χ3v) is 5.63. The Morgan fingerprint density at radius 3 is 2.48 bits per heavy atom. The van der Waals surface area contributed by atoms with E-state index in [1.165, 1.54) is 25.5 Å². The number of hydrogen-bond donors (Lipinski definition) is 0. The van der Waals surface area contributed by atoms with E-state index in [-0.39, 0.29) is 17.9 Å². The lowest BCUT2D eigenvalue weighted by atomic mass is 10.1. The highest BCUT2D eigenvalue weighted by Crippen LogP contribution is 2.34. The minimum Gasteiger partial charge on any atom is -0.467 e. The smallest absolute Gasteiger partial charge is 0.416 e. The molecule has 2 aromatic heterocycles. The molecule has 5 nitrogen and oxygen atoms in total. The van der Waals surface area contributed by atoms with Crippen LogP contribution in [0.5, 0.6) is 0 Å². The van der Waals surface area contributed by atoms with Gasteiger partial charge in [-0.2, -0.15) is 13.2 Å². The summed E-state index contributed by atoms with van der Waals surface area (Å²) in [6, 6.07) is 10.7. The number of aryl methyl sites for hydroxylation is 1. The molecule has 1 aromatic carbocycles.